The molecule has 1 N–H and O–H groups in total. The highest BCUT2D eigenvalue weighted by Gasteiger charge is 2.29. The predicted octanol–water partition coefficient (Wildman–Crippen LogP) is 1.79. The highest BCUT2D eigenvalue weighted by Crippen LogP contribution is 2.20. The summed E-state index contributed by atoms with van der Waals surface area (Å²) in [5.74, 6) is 1.02. The van der Waals surface area contributed by atoms with Crippen LogP contribution in [-0.4, -0.2) is 49.2 Å². The summed E-state index contributed by atoms with van der Waals surface area (Å²) in [7, 11) is 0. The van der Waals surface area contributed by atoms with Gasteiger partial charge < -0.3 is 15.0 Å². The first-order chi connectivity index (χ1) is 9.20. The Bertz CT molecular complexity index is 290. The van der Waals surface area contributed by atoms with Crippen molar-refractivity contribution < 1.29 is 9.53 Å². The summed E-state index contributed by atoms with van der Waals surface area (Å²) in [6.07, 6.45) is 5.44. The van der Waals surface area contributed by atoms with Gasteiger partial charge in [0.15, 0.2) is 0 Å². The van der Waals surface area contributed by atoms with Crippen LogP contribution in [0.25, 0.3) is 0 Å². The third-order valence-electron chi connectivity index (χ3n) is 4.42. The molecule has 3 unspecified atom stereocenters. The highest BCUT2D eigenvalue weighted by molar-refractivity contribution is 5.76. The van der Waals surface area contributed by atoms with Crippen molar-refractivity contribution in [3.8, 4) is 0 Å². The Kier molecular flexibility index (Phi) is 5.64. The molecule has 2 rings (SSSR count). The summed E-state index contributed by atoms with van der Waals surface area (Å²) in [5.41, 5.74) is 0. The minimum atomic E-state index is 0.183. The van der Waals surface area contributed by atoms with Gasteiger partial charge in [-0.2, -0.15) is 0 Å². The van der Waals surface area contributed by atoms with E-state index in [2.05, 4.69) is 24.1 Å². The Morgan fingerprint density at radius 3 is 3.00 bits per heavy atom. The molecule has 3 atom stereocenters. The smallest absolute Gasteiger partial charge is 0.222 e. The van der Waals surface area contributed by atoms with Crippen LogP contribution in [0.4, 0.5) is 0 Å². The van der Waals surface area contributed by atoms with Crippen molar-refractivity contribution in [3.05, 3.63) is 0 Å². The number of carbonyl (C=O) groups is 1. The molecular formula is C15H28N2O2. The zero-order chi connectivity index (χ0) is 13.7. The topological polar surface area (TPSA) is 41.6 Å². The second-order valence-corrected chi connectivity index (χ2v) is 6.00. The van der Waals surface area contributed by atoms with Gasteiger partial charge in [0.2, 0.25) is 5.91 Å². The number of amides is 1. The number of piperidine rings is 1. The van der Waals surface area contributed by atoms with E-state index in [0.717, 1.165) is 32.5 Å². The van der Waals surface area contributed by atoms with Crippen molar-refractivity contribution in [1.29, 1.82) is 0 Å². The molecule has 0 aromatic rings. The van der Waals surface area contributed by atoms with Crippen molar-refractivity contribution in [3.63, 3.8) is 0 Å². The molecule has 0 aromatic heterocycles. The van der Waals surface area contributed by atoms with E-state index in [1.165, 1.54) is 12.8 Å². The number of nitrogens with one attached hydrogen (secondary N) is 1. The number of ether oxygens (including phenoxy) is 1. The van der Waals surface area contributed by atoms with Crippen molar-refractivity contribution >= 4 is 5.91 Å². The zero-order valence-electron chi connectivity index (χ0n) is 12.4. The lowest BCUT2D eigenvalue weighted by Crippen LogP contribution is -2.51. The van der Waals surface area contributed by atoms with Crippen molar-refractivity contribution in [2.24, 2.45) is 5.92 Å². The van der Waals surface area contributed by atoms with Crippen molar-refractivity contribution in [1.82, 2.24) is 10.2 Å². The summed E-state index contributed by atoms with van der Waals surface area (Å²) < 4.78 is 5.65. The Morgan fingerprint density at radius 1 is 1.47 bits per heavy atom. The predicted molar refractivity (Wildman–Crippen MR) is 76.0 cm³/mol. The molecule has 0 radical (unpaired) electrons. The summed E-state index contributed by atoms with van der Waals surface area (Å²) in [6, 6.07) is 0.285. The first kappa shape index (κ1) is 14.8. The van der Waals surface area contributed by atoms with E-state index in [1.54, 1.807) is 0 Å². The summed E-state index contributed by atoms with van der Waals surface area (Å²) in [5, 5.41) is 3.42. The van der Waals surface area contributed by atoms with Gasteiger partial charge >= 0.3 is 0 Å². The van der Waals surface area contributed by atoms with Crippen LogP contribution in [0.15, 0.2) is 0 Å². The Balaban J connectivity index is 1.79. The molecule has 1 amide bonds. The van der Waals surface area contributed by atoms with E-state index in [-0.39, 0.29) is 12.1 Å². The second-order valence-electron chi connectivity index (χ2n) is 6.00. The lowest BCUT2D eigenvalue weighted by molar-refractivity contribution is -0.144. The summed E-state index contributed by atoms with van der Waals surface area (Å²) in [6.45, 7) is 7.88. The highest BCUT2D eigenvalue weighted by atomic mass is 16.5. The minimum Gasteiger partial charge on any atom is -0.375 e. The molecule has 0 aliphatic carbocycles. The quantitative estimate of drug-likeness (QED) is 0.845. The van der Waals surface area contributed by atoms with E-state index in [4.69, 9.17) is 4.74 Å². The third kappa shape index (κ3) is 4.18. The molecule has 0 spiro atoms. The van der Waals surface area contributed by atoms with Crippen LogP contribution in [0.5, 0.6) is 0 Å². The van der Waals surface area contributed by atoms with Gasteiger partial charge in [0.25, 0.3) is 0 Å². The van der Waals surface area contributed by atoms with Crippen LogP contribution in [0.1, 0.15) is 46.0 Å². The number of morpholine rings is 1. The SMILES string of the molecule is CCC1COC(C)CN1C(=O)CCC1CCCNC1. The number of carbonyl (C=O) groups excluding carboxylic acids is 1. The van der Waals surface area contributed by atoms with Crippen LogP contribution in [0.3, 0.4) is 0 Å². The maximum absolute atomic E-state index is 12.4. The molecule has 4 nitrogen and oxygen atoms in total. The molecule has 4 heteroatoms. The lowest BCUT2D eigenvalue weighted by atomic mass is 9.94. The molecule has 2 fully saturated rings. The maximum atomic E-state index is 12.4. The number of hydrogen-bond donors (Lipinski definition) is 1. The molecule has 0 saturated carbocycles. The molecule has 0 bridgehead atoms. The van der Waals surface area contributed by atoms with Gasteiger partial charge in [0.05, 0.1) is 18.8 Å². The van der Waals surface area contributed by atoms with Crippen LogP contribution < -0.4 is 5.32 Å². The van der Waals surface area contributed by atoms with Gasteiger partial charge in [-0.05, 0) is 51.6 Å². The van der Waals surface area contributed by atoms with Crippen LogP contribution in [-0.2, 0) is 9.53 Å². The van der Waals surface area contributed by atoms with Gasteiger partial charge in [0, 0.05) is 13.0 Å². The fraction of sp³-hybridized carbons (Fsp3) is 0.933. The maximum Gasteiger partial charge on any atom is 0.222 e. The Labute approximate surface area is 116 Å². The van der Waals surface area contributed by atoms with Crippen LogP contribution >= 0.6 is 0 Å². The molecule has 19 heavy (non-hydrogen) atoms. The monoisotopic (exact) mass is 268 g/mol. The molecular weight excluding hydrogens is 240 g/mol. The first-order valence-electron chi connectivity index (χ1n) is 7.82. The molecule has 0 aromatic carbocycles. The minimum absolute atomic E-state index is 0.183. The largest absolute Gasteiger partial charge is 0.375 e. The summed E-state index contributed by atoms with van der Waals surface area (Å²) >= 11 is 0. The fourth-order valence-electron chi connectivity index (χ4n) is 3.13. The van der Waals surface area contributed by atoms with E-state index in [1.807, 2.05) is 0 Å². The van der Waals surface area contributed by atoms with Crippen molar-refractivity contribution in [2.75, 3.05) is 26.2 Å². The first-order valence-corrected chi connectivity index (χ1v) is 7.82. The van der Waals surface area contributed by atoms with Gasteiger partial charge in [-0.1, -0.05) is 6.92 Å². The van der Waals surface area contributed by atoms with Crippen LogP contribution in [0.2, 0.25) is 0 Å². The van der Waals surface area contributed by atoms with Gasteiger partial charge in [-0.25, -0.2) is 0 Å². The summed E-state index contributed by atoms with van der Waals surface area (Å²) in [4.78, 5) is 14.5. The van der Waals surface area contributed by atoms with Gasteiger partial charge in [0.1, 0.15) is 0 Å². The van der Waals surface area contributed by atoms with E-state index < -0.39 is 0 Å². The average molecular weight is 268 g/mol. The average Bonchev–Trinajstić information content (AvgIpc) is 2.46. The van der Waals surface area contributed by atoms with E-state index in [0.29, 0.717) is 24.9 Å². The number of nitrogens with zero attached hydrogens (tertiary/aromatic N) is 1. The van der Waals surface area contributed by atoms with Gasteiger partial charge in [-0.3, -0.25) is 4.79 Å². The standard InChI is InChI=1S/C15H28N2O2/c1-3-14-11-19-12(2)10-17(14)15(18)7-6-13-5-4-8-16-9-13/h12-14,16H,3-11H2,1-2H3. The van der Waals surface area contributed by atoms with E-state index >= 15 is 0 Å². The van der Waals surface area contributed by atoms with Crippen molar-refractivity contribution in [2.45, 2.75) is 58.1 Å². The molecule has 110 valence electrons. The molecule has 2 aliphatic heterocycles. The lowest BCUT2D eigenvalue weighted by Gasteiger charge is -2.38. The molecule has 2 saturated heterocycles. The van der Waals surface area contributed by atoms with E-state index in [9.17, 15) is 4.79 Å². The zero-order valence-corrected chi connectivity index (χ0v) is 12.4. The Morgan fingerprint density at radius 2 is 2.32 bits per heavy atom. The number of hydrogen-bond acceptors (Lipinski definition) is 3. The fourth-order valence-corrected chi connectivity index (χ4v) is 3.13. The normalized spacial score (nSPS) is 32.3. The number of rotatable bonds is 4. The van der Waals surface area contributed by atoms with Crippen LogP contribution in [0, 0.1) is 5.92 Å². The Hall–Kier alpha value is -0.610. The molecule has 2 aliphatic rings. The third-order valence-corrected chi connectivity index (χ3v) is 4.42. The molecule has 2 heterocycles. The second kappa shape index (κ2) is 7.25. The van der Waals surface area contributed by atoms with Gasteiger partial charge in [-0.15, -0.1) is 0 Å².